The van der Waals surface area contributed by atoms with E-state index in [1.807, 2.05) is 25.1 Å². The zero-order valence-corrected chi connectivity index (χ0v) is 15.9. The van der Waals surface area contributed by atoms with Gasteiger partial charge in [0.25, 0.3) is 0 Å². The molecule has 0 aromatic heterocycles. The van der Waals surface area contributed by atoms with Gasteiger partial charge < -0.3 is 4.90 Å². The third-order valence-electron chi connectivity index (χ3n) is 4.06. The third-order valence-corrected chi connectivity index (χ3v) is 5.28. The Balaban J connectivity index is 1.95. The van der Waals surface area contributed by atoms with E-state index < -0.39 is 0 Å². The van der Waals surface area contributed by atoms with E-state index in [1.54, 1.807) is 0 Å². The van der Waals surface area contributed by atoms with E-state index >= 15 is 0 Å². The molecular formula is C21H19BrClN. The van der Waals surface area contributed by atoms with Crippen molar-refractivity contribution in [3.63, 3.8) is 0 Å². The number of halogens is 2. The molecule has 24 heavy (non-hydrogen) atoms. The van der Waals surface area contributed by atoms with Gasteiger partial charge in [-0.1, -0.05) is 88.2 Å². The van der Waals surface area contributed by atoms with E-state index in [0.29, 0.717) is 0 Å². The molecule has 0 saturated heterocycles. The van der Waals surface area contributed by atoms with Crippen LogP contribution in [0.5, 0.6) is 0 Å². The maximum Gasteiger partial charge on any atom is 0.0467 e. The third kappa shape index (κ3) is 4.19. The van der Waals surface area contributed by atoms with Gasteiger partial charge in [0.15, 0.2) is 0 Å². The highest BCUT2D eigenvalue weighted by molar-refractivity contribution is 9.10. The van der Waals surface area contributed by atoms with E-state index in [-0.39, 0.29) is 0 Å². The Morgan fingerprint density at radius 1 is 0.833 bits per heavy atom. The molecule has 0 N–H and O–H groups in total. The zero-order valence-electron chi connectivity index (χ0n) is 13.5. The maximum absolute atomic E-state index is 6.41. The van der Waals surface area contributed by atoms with Crippen LogP contribution in [0.25, 0.3) is 0 Å². The maximum atomic E-state index is 6.41. The normalized spacial score (nSPS) is 10.6. The molecule has 3 rings (SSSR count). The quantitative estimate of drug-likeness (QED) is 0.465. The Morgan fingerprint density at radius 3 is 1.79 bits per heavy atom. The van der Waals surface area contributed by atoms with Gasteiger partial charge in [0, 0.05) is 28.3 Å². The summed E-state index contributed by atoms with van der Waals surface area (Å²) < 4.78 is 1.04. The van der Waals surface area contributed by atoms with Crippen molar-refractivity contribution >= 4 is 33.2 Å². The predicted octanol–water partition coefficient (Wildman–Crippen LogP) is 6.62. The summed E-state index contributed by atoms with van der Waals surface area (Å²) in [5, 5.41) is 0.783. The minimum atomic E-state index is 0.783. The average molecular weight is 401 g/mol. The van der Waals surface area contributed by atoms with Crippen molar-refractivity contribution in [2.24, 2.45) is 0 Å². The molecule has 0 amide bonds. The largest absolute Gasteiger partial charge is 0.363 e. The zero-order chi connectivity index (χ0) is 16.9. The van der Waals surface area contributed by atoms with Crippen LogP contribution in [0.2, 0.25) is 5.02 Å². The van der Waals surface area contributed by atoms with Crippen LogP contribution in [0.15, 0.2) is 77.3 Å². The van der Waals surface area contributed by atoms with Gasteiger partial charge >= 0.3 is 0 Å². The average Bonchev–Trinajstić information content (AvgIpc) is 2.60. The molecule has 0 aliphatic rings. The van der Waals surface area contributed by atoms with Crippen LogP contribution in [-0.4, -0.2) is 0 Å². The van der Waals surface area contributed by atoms with Crippen LogP contribution in [-0.2, 0) is 13.1 Å². The molecule has 0 unspecified atom stereocenters. The lowest BCUT2D eigenvalue weighted by atomic mass is 10.1. The number of benzene rings is 3. The van der Waals surface area contributed by atoms with Gasteiger partial charge in [0.1, 0.15) is 0 Å². The topological polar surface area (TPSA) is 3.24 Å². The number of hydrogen-bond acceptors (Lipinski definition) is 1. The molecule has 0 radical (unpaired) electrons. The Kier molecular flexibility index (Phi) is 5.60. The van der Waals surface area contributed by atoms with Gasteiger partial charge in [-0.15, -0.1) is 0 Å². The lowest BCUT2D eigenvalue weighted by molar-refractivity contribution is 0.799. The number of nitrogens with zero attached hydrogens (tertiary/aromatic N) is 1. The molecule has 122 valence electrons. The summed E-state index contributed by atoms with van der Waals surface area (Å²) in [6.07, 6.45) is 0. The highest BCUT2D eigenvalue weighted by atomic mass is 79.9. The highest BCUT2D eigenvalue weighted by Crippen LogP contribution is 2.32. The molecular weight excluding hydrogens is 382 g/mol. The predicted molar refractivity (Wildman–Crippen MR) is 107 cm³/mol. The lowest BCUT2D eigenvalue weighted by Gasteiger charge is -2.26. The molecule has 0 aliphatic heterocycles. The van der Waals surface area contributed by atoms with Gasteiger partial charge in [-0.2, -0.15) is 0 Å². The van der Waals surface area contributed by atoms with Crippen molar-refractivity contribution in [2.45, 2.75) is 20.0 Å². The number of anilines is 1. The van der Waals surface area contributed by atoms with E-state index in [9.17, 15) is 0 Å². The summed E-state index contributed by atoms with van der Waals surface area (Å²) in [5.74, 6) is 0. The first kappa shape index (κ1) is 17.1. The van der Waals surface area contributed by atoms with Crippen molar-refractivity contribution in [1.82, 2.24) is 0 Å². The van der Waals surface area contributed by atoms with Gasteiger partial charge in [-0.3, -0.25) is 0 Å². The minimum absolute atomic E-state index is 0.783. The lowest BCUT2D eigenvalue weighted by Crippen LogP contribution is -2.22. The van der Waals surface area contributed by atoms with Crippen molar-refractivity contribution in [3.05, 3.63) is 99.0 Å². The highest BCUT2D eigenvalue weighted by Gasteiger charge is 2.12. The van der Waals surface area contributed by atoms with Crippen LogP contribution in [0, 0.1) is 6.92 Å². The molecule has 0 bridgehead atoms. The number of hydrogen-bond donors (Lipinski definition) is 0. The second-order valence-electron chi connectivity index (χ2n) is 5.86. The smallest absolute Gasteiger partial charge is 0.0467 e. The van der Waals surface area contributed by atoms with Crippen LogP contribution < -0.4 is 4.90 Å². The van der Waals surface area contributed by atoms with Crippen LogP contribution in [0.4, 0.5) is 5.69 Å². The fourth-order valence-corrected chi connectivity index (χ4v) is 3.44. The molecule has 0 atom stereocenters. The van der Waals surface area contributed by atoms with E-state index in [2.05, 4.69) is 75.4 Å². The summed E-state index contributed by atoms with van der Waals surface area (Å²) in [5.41, 5.74) is 4.74. The summed E-state index contributed by atoms with van der Waals surface area (Å²) in [7, 11) is 0. The molecule has 3 aromatic carbocycles. The minimum Gasteiger partial charge on any atom is -0.363 e. The Bertz CT molecular complexity index is 738. The molecule has 3 heteroatoms. The first-order valence-electron chi connectivity index (χ1n) is 7.92. The first-order chi connectivity index (χ1) is 11.6. The van der Waals surface area contributed by atoms with Crippen LogP contribution in [0.1, 0.15) is 16.7 Å². The van der Waals surface area contributed by atoms with Crippen LogP contribution >= 0.6 is 27.5 Å². The Hall–Kier alpha value is -1.77. The Morgan fingerprint density at radius 2 is 1.33 bits per heavy atom. The van der Waals surface area contributed by atoms with E-state index in [0.717, 1.165) is 33.8 Å². The molecule has 0 heterocycles. The second kappa shape index (κ2) is 7.87. The van der Waals surface area contributed by atoms with Crippen molar-refractivity contribution in [1.29, 1.82) is 0 Å². The molecule has 1 nitrogen and oxygen atoms in total. The summed E-state index contributed by atoms with van der Waals surface area (Å²) in [4.78, 5) is 2.35. The van der Waals surface area contributed by atoms with Crippen LogP contribution in [0.3, 0.4) is 0 Å². The monoisotopic (exact) mass is 399 g/mol. The molecule has 3 aromatic rings. The fourth-order valence-electron chi connectivity index (χ4n) is 2.66. The standard InChI is InChI=1S/C21H19BrClN/c1-16-20(22)12-19(13-21(16)23)24(14-17-8-4-2-5-9-17)15-18-10-6-3-7-11-18/h2-13H,14-15H2,1H3. The van der Waals surface area contributed by atoms with Crippen molar-refractivity contribution in [3.8, 4) is 0 Å². The summed E-state index contributed by atoms with van der Waals surface area (Å²) >= 11 is 10.0. The van der Waals surface area contributed by atoms with Gasteiger partial charge in [0.2, 0.25) is 0 Å². The van der Waals surface area contributed by atoms with Crippen molar-refractivity contribution < 1.29 is 0 Å². The Labute approximate surface area is 157 Å². The summed E-state index contributed by atoms with van der Waals surface area (Å²) in [6.45, 7) is 3.69. The number of rotatable bonds is 5. The van der Waals surface area contributed by atoms with E-state index in [1.165, 1.54) is 11.1 Å². The second-order valence-corrected chi connectivity index (χ2v) is 7.12. The van der Waals surface area contributed by atoms with E-state index in [4.69, 9.17) is 11.6 Å². The van der Waals surface area contributed by atoms with Gasteiger partial charge in [-0.25, -0.2) is 0 Å². The SMILES string of the molecule is Cc1c(Cl)cc(N(Cc2ccccc2)Cc2ccccc2)cc1Br. The van der Waals surface area contributed by atoms with Gasteiger partial charge in [0.05, 0.1) is 0 Å². The van der Waals surface area contributed by atoms with Gasteiger partial charge in [-0.05, 0) is 35.7 Å². The first-order valence-corrected chi connectivity index (χ1v) is 9.09. The molecule has 0 spiro atoms. The molecule has 0 aliphatic carbocycles. The van der Waals surface area contributed by atoms with Crippen molar-refractivity contribution in [2.75, 3.05) is 4.90 Å². The molecule has 0 fully saturated rings. The summed E-state index contributed by atoms with van der Waals surface area (Å²) in [6, 6.07) is 25.2. The molecule has 0 saturated carbocycles. The fraction of sp³-hybridized carbons (Fsp3) is 0.143.